The number of hydrogen-bond acceptors (Lipinski definition) is 11. The Balaban J connectivity index is 1.73. The lowest BCUT2D eigenvalue weighted by Crippen LogP contribution is -2.71. The molecule has 0 saturated carbocycles. The first-order chi connectivity index (χ1) is 17.1. The van der Waals surface area contributed by atoms with Crippen molar-refractivity contribution >= 4 is 47.3 Å². The van der Waals surface area contributed by atoms with Crippen LogP contribution < -0.4 is 16.5 Å². The predicted octanol–water partition coefficient (Wildman–Crippen LogP) is -0.710. The smallest absolute Gasteiger partial charge is 0.404 e. The summed E-state index contributed by atoms with van der Waals surface area (Å²) < 4.78 is 9.91. The third kappa shape index (κ3) is 5.95. The van der Waals surface area contributed by atoms with Crippen LogP contribution in [0.4, 0.5) is 4.79 Å². The first kappa shape index (κ1) is 26.6. The maximum atomic E-state index is 13.0. The molecule has 3 atom stereocenters. The third-order valence-electron chi connectivity index (χ3n) is 4.91. The maximum absolute atomic E-state index is 13.0. The van der Waals surface area contributed by atoms with Gasteiger partial charge < -0.3 is 30.1 Å². The molecular weight excluding hydrogens is 502 g/mol. The number of aliphatic carboxylic acids is 1. The summed E-state index contributed by atoms with van der Waals surface area (Å²) >= 11 is 1.17. The van der Waals surface area contributed by atoms with Crippen LogP contribution in [-0.4, -0.2) is 82.5 Å². The molecule has 0 radical (unpaired) electrons. The monoisotopic (exact) mass is 525 g/mol. The summed E-state index contributed by atoms with van der Waals surface area (Å²) in [5, 5.41) is 15.2. The zero-order valence-corrected chi connectivity index (χ0v) is 19.9. The van der Waals surface area contributed by atoms with Crippen molar-refractivity contribution in [3.05, 3.63) is 35.4 Å². The molecule has 1 aromatic heterocycles. The number of carbonyl (C=O) groups excluding carboxylic acids is 4. The Kier molecular flexibility index (Phi) is 8.55. The number of nitrogens with two attached hydrogens (primary N) is 1. The van der Waals surface area contributed by atoms with Crippen LogP contribution in [0, 0.1) is 0 Å². The van der Waals surface area contributed by atoms with E-state index in [0.29, 0.717) is 0 Å². The van der Waals surface area contributed by atoms with E-state index >= 15 is 0 Å². The number of amides is 4. The number of furan rings is 1. The van der Waals surface area contributed by atoms with Gasteiger partial charge in [-0.15, -0.1) is 11.8 Å². The van der Waals surface area contributed by atoms with Crippen molar-refractivity contribution in [1.29, 1.82) is 0 Å². The summed E-state index contributed by atoms with van der Waals surface area (Å²) in [5.41, 5.74) is 6.63. The maximum Gasteiger partial charge on any atom is 0.404 e. The number of hydroxylamine groups is 1. The molecule has 3 heterocycles. The van der Waals surface area contributed by atoms with Crippen molar-refractivity contribution in [3.8, 4) is 0 Å². The molecule has 1 aromatic rings. The van der Waals surface area contributed by atoms with Crippen LogP contribution in [-0.2, 0) is 33.6 Å². The van der Waals surface area contributed by atoms with E-state index in [0.717, 1.165) is 4.90 Å². The minimum Gasteiger partial charge on any atom is -0.477 e. The number of carboxylic acids is 1. The van der Waals surface area contributed by atoms with Gasteiger partial charge in [-0.2, -0.15) is 0 Å². The summed E-state index contributed by atoms with van der Waals surface area (Å²) in [6.07, 6.45) is -0.636. The van der Waals surface area contributed by atoms with E-state index in [1.807, 2.05) is 0 Å². The Morgan fingerprint density at radius 3 is 2.75 bits per heavy atom. The highest BCUT2D eigenvalue weighted by Gasteiger charge is 2.54. The van der Waals surface area contributed by atoms with Crippen LogP contribution in [0.15, 0.2) is 39.2 Å². The standard InChI is InChI=1S/C20H23N5O10S/c1-9(6-12(26)23-32-2)35-24-13(11-4-3-5-33-11)16(27)22-14-17(28)25-15(19(29)30)10(7-34-20(21)31)8-36-18(14)25/h3-5,9,14,18H,6-8H2,1-2H3,(H2,21,31)(H,22,27)(H,23,26)(H,29,30)/t9?,14-,18-/m1/s1. The zero-order chi connectivity index (χ0) is 26.4. The molecule has 0 bridgehead atoms. The third-order valence-corrected chi connectivity index (χ3v) is 6.25. The van der Waals surface area contributed by atoms with Crippen LogP contribution >= 0.6 is 11.8 Å². The summed E-state index contributed by atoms with van der Waals surface area (Å²) in [5.74, 6) is -3.20. The number of β-lactam (4-membered cyclic amide) rings is 1. The second-order valence-electron chi connectivity index (χ2n) is 7.49. The Bertz CT molecular complexity index is 1100. The van der Waals surface area contributed by atoms with Gasteiger partial charge in [0, 0.05) is 11.3 Å². The molecule has 0 aromatic carbocycles. The molecule has 36 heavy (non-hydrogen) atoms. The highest BCUT2D eigenvalue weighted by Crippen LogP contribution is 2.40. The normalized spacial score (nSPS) is 20.1. The van der Waals surface area contributed by atoms with E-state index in [1.165, 1.54) is 37.3 Å². The summed E-state index contributed by atoms with van der Waals surface area (Å²) in [6.45, 7) is 1.16. The van der Waals surface area contributed by atoms with Crippen molar-refractivity contribution in [1.82, 2.24) is 15.7 Å². The molecule has 5 N–H and O–H groups in total. The van der Waals surface area contributed by atoms with Gasteiger partial charge in [-0.25, -0.2) is 15.1 Å². The lowest BCUT2D eigenvalue weighted by Gasteiger charge is -2.49. The molecule has 16 heteroatoms. The highest BCUT2D eigenvalue weighted by atomic mass is 32.2. The van der Waals surface area contributed by atoms with Crippen LogP contribution in [0.25, 0.3) is 0 Å². The van der Waals surface area contributed by atoms with E-state index in [2.05, 4.69) is 25.5 Å². The average molecular weight is 525 g/mol. The summed E-state index contributed by atoms with van der Waals surface area (Å²) in [6, 6.07) is 1.89. The molecule has 2 aliphatic heterocycles. The van der Waals surface area contributed by atoms with Crippen molar-refractivity contribution in [2.75, 3.05) is 19.5 Å². The molecule has 1 fully saturated rings. The molecule has 2 aliphatic rings. The number of carboxylic acid groups (broad SMARTS) is 1. The number of nitrogens with zero attached hydrogens (tertiary/aromatic N) is 2. The number of fused-ring (bicyclic) bond motifs is 1. The van der Waals surface area contributed by atoms with Gasteiger partial charge >= 0.3 is 12.1 Å². The highest BCUT2D eigenvalue weighted by molar-refractivity contribution is 8.00. The van der Waals surface area contributed by atoms with Gasteiger partial charge in [0.05, 0.1) is 19.8 Å². The minimum atomic E-state index is -1.39. The molecule has 0 aliphatic carbocycles. The number of rotatable bonds is 11. The van der Waals surface area contributed by atoms with E-state index in [4.69, 9.17) is 15.0 Å². The quantitative estimate of drug-likeness (QED) is 0.161. The van der Waals surface area contributed by atoms with Gasteiger partial charge in [-0.1, -0.05) is 5.16 Å². The fraction of sp³-hybridized carbons (Fsp3) is 0.400. The zero-order valence-electron chi connectivity index (χ0n) is 19.1. The van der Waals surface area contributed by atoms with Crippen molar-refractivity contribution in [3.63, 3.8) is 0 Å². The molecule has 4 amide bonds. The Morgan fingerprint density at radius 2 is 2.14 bits per heavy atom. The fourth-order valence-electron chi connectivity index (χ4n) is 3.37. The molecule has 15 nitrogen and oxygen atoms in total. The molecule has 3 rings (SSSR count). The number of primary amides is 1. The van der Waals surface area contributed by atoms with Gasteiger partial charge in [0.2, 0.25) is 11.6 Å². The van der Waals surface area contributed by atoms with Gasteiger partial charge in [-0.3, -0.25) is 24.1 Å². The number of oxime groups is 1. The van der Waals surface area contributed by atoms with E-state index < -0.39 is 47.3 Å². The van der Waals surface area contributed by atoms with Gasteiger partial charge in [0.25, 0.3) is 11.8 Å². The van der Waals surface area contributed by atoms with Gasteiger partial charge in [0.1, 0.15) is 29.8 Å². The number of nitrogens with one attached hydrogen (secondary N) is 2. The van der Waals surface area contributed by atoms with E-state index in [9.17, 15) is 29.1 Å². The first-order valence-corrected chi connectivity index (χ1v) is 11.4. The number of carbonyl (C=O) groups is 5. The second-order valence-corrected chi connectivity index (χ2v) is 8.60. The van der Waals surface area contributed by atoms with Crippen molar-refractivity contribution < 1.29 is 47.9 Å². The largest absolute Gasteiger partial charge is 0.477 e. The Hall–Kier alpha value is -4.05. The first-order valence-electron chi connectivity index (χ1n) is 10.4. The fourth-order valence-corrected chi connectivity index (χ4v) is 4.70. The summed E-state index contributed by atoms with van der Waals surface area (Å²) in [4.78, 5) is 70.9. The van der Waals surface area contributed by atoms with Crippen LogP contribution in [0.5, 0.6) is 0 Å². The van der Waals surface area contributed by atoms with Gasteiger partial charge in [0.15, 0.2) is 5.76 Å². The molecule has 1 saturated heterocycles. The molecule has 1 unspecified atom stereocenters. The minimum absolute atomic E-state index is 0.0398. The topological polar surface area (TPSA) is 212 Å². The molecule has 194 valence electrons. The summed E-state index contributed by atoms with van der Waals surface area (Å²) in [7, 11) is 1.28. The average Bonchev–Trinajstić information content (AvgIpc) is 3.35. The number of hydrogen-bond donors (Lipinski definition) is 4. The van der Waals surface area contributed by atoms with E-state index in [1.54, 1.807) is 6.92 Å². The van der Waals surface area contributed by atoms with Gasteiger partial charge in [-0.05, 0) is 19.1 Å². The number of ether oxygens (including phenoxy) is 1. The van der Waals surface area contributed by atoms with Crippen LogP contribution in [0.1, 0.15) is 19.1 Å². The number of thioether (sulfide) groups is 1. The predicted molar refractivity (Wildman–Crippen MR) is 121 cm³/mol. The van der Waals surface area contributed by atoms with Crippen LogP contribution in [0.3, 0.4) is 0 Å². The molecule has 0 spiro atoms. The SMILES string of the molecule is CONC(=O)CC(C)ON=C(C(=O)N[C@@H]1C(=O)N2C(C(=O)O)=C(COC(N)=O)CS[C@H]12)c1ccco1. The van der Waals surface area contributed by atoms with E-state index in [-0.39, 0.29) is 41.5 Å². The second kappa shape index (κ2) is 11.6. The van der Waals surface area contributed by atoms with Crippen LogP contribution in [0.2, 0.25) is 0 Å². The lowest BCUT2D eigenvalue weighted by molar-refractivity contribution is -0.150. The molecular formula is C20H23N5O10S. The van der Waals surface area contributed by atoms with Crippen molar-refractivity contribution in [2.45, 2.75) is 30.9 Å². The Morgan fingerprint density at radius 1 is 1.39 bits per heavy atom. The van der Waals surface area contributed by atoms with Crippen molar-refractivity contribution in [2.24, 2.45) is 10.9 Å². The lowest BCUT2D eigenvalue weighted by atomic mass is 10.0. The Labute approximate surface area is 207 Å².